The Kier molecular flexibility index (Phi) is 4.57. The molecule has 0 radical (unpaired) electrons. The molecule has 0 saturated carbocycles. The maximum atomic E-state index is 12.8. The lowest BCUT2D eigenvalue weighted by Gasteiger charge is -2.11. The first-order valence-corrected chi connectivity index (χ1v) is 7.09. The fourth-order valence-electron chi connectivity index (χ4n) is 1.82. The molecule has 5 heteroatoms. The maximum Gasteiger partial charge on any atom is 0.416 e. The quantitative estimate of drug-likeness (QED) is 0.638. The summed E-state index contributed by atoms with van der Waals surface area (Å²) in [5, 5.41) is 0. The molecule has 0 N–H and O–H groups in total. The first-order chi connectivity index (χ1) is 9.41. The zero-order chi connectivity index (χ0) is 14.8. The molecule has 0 unspecified atom stereocenters. The highest BCUT2D eigenvalue weighted by Gasteiger charge is 2.30. The van der Waals surface area contributed by atoms with Gasteiger partial charge in [0.2, 0.25) is 0 Å². The van der Waals surface area contributed by atoms with Crippen molar-refractivity contribution in [2.45, 2.75) is 13.1 Å². The Morgan fingerprint density at radius 3 is 2.25 bits per heavy atom. The molecule has 0 aliphatic rings. The van der Waals surface area contributed by atoms with Gasteiger partial charge in [-0.3, -0.25) is 0 Å². The summed E-state index contributed by atoms with van der Waals surface area (Å²) in [7, 11) is 0. The van der Waals surface area contributed by atoms with Crippen LogP contribution in [0.5, 0.6) is 5.75 Å². The van der Waals surface area contributed by atoms with E-state index in [0.717, 1.165) is 15.2 Å². The van der Waals surface area contributed by atoms with Gasteiger partial charge in [0.15, 0.2) is 0 Å². The van der Waals surface area contributed by atoms with Gasteiger partial charge >= 0.3 is 6.18 Å². The van der Waals surface area contributed by atoms with E-state index >= 15 is 0 Å². The molecule has 0 atom stereocenters. The lowest BCUT2D eigenvalue weighted by molar-refractivity contribution is -0.137. The van der Waals surface area contributed by atoms with Crippen molar-refractivity contribution in [3.8, 4) is 16.9 Å². The molecule has 2 aromatic carbocycles. The Labute approximate surface area is 128 Å². The van der Waals surface area contributed by atoms with Crippen LogP contribution < -0.4 is 4.74 Å². The number of halogens is 4. The Morgan fingerprint density at radius 1 is 1.05 bits per heavy atom. The van der Waals surface area contributed by atoms with E-state index < -0.39 is 11.7 Å². The number of benzene rings is 2. The highest BCUT2D eigenvalue weighted by Crippen LogP contribution is 2.34. The van der Waals surface area contributed by atoms with E-state index in [1.165, 1.54) is 12.1 Å². The molecule has 20 heavy (non-hydrogen) atoms. The van der Waals surface area contributed by atoms with E-state index in [0.29, 0.717) is 17.9 Å². The lowest BCUT2D eigenvalue weighted by atomic mass is 10.0. The van der Waals surface area contributed by atoms with Crippen molar-refractivity contribution in [2.24, 2.45) is 0 Å². The van der Waals surface area contributed by atoms with E-state index in [1.54, 1.807) is 24.3 Å². The SMILES string of the molecule is CCOc1ccc(-c2cc(C(F)(F)F)ccc2I)cc1. The maximum absolute atomic E-state index is 12.8. The Hall–Kier alpha value is -1.24. The molecule has 0 fully saturated rings. The molecule has 0 aliphatic carbocycles. The summed E-state index contributed by atoms with van der Waals surface area (Å²) < 4.78 is 44.4. The van der Waals surface area contributed by atoms with Crippen molar-refractivity contribution in [3.05, 3.63) is 51.6 Å². The molecule has 2 aromatic rings. The summed E-state index contributed by atoms with van der Waals surface area (Å²) in [6.45, 7) is 2.43. The predicted octanol–water partition coefficient (Wildman–Crippen LogP) is 5.38. The molecular weight excluding hydrogens is 380 g/mol. The number of hydrogen-bond donors (Lipinski definition) is 0. The van der Waals surface area contributed by atoms with Gasteiger partial charge in [-0.05, 0) is 71.0 Å². The molecule has 0 aliphatic heterocycles. The summed E-state index contributed by atoms with van der Waals surface area (Å²) in [4.78, 5) is 0. The Morgan fingerprint density at radius 2 is 1.70 bits per heavy atom. The minimum Gasteiger partial charge on any atom is -0.494 e. The summed E-state index contributed by atoms with van der Waals surface area (Å²) in [5.74, 6) is 0.707. The van der Waals surface area contributed by atoms with Crippen LogP contribution in [0.3, 0.4) is 0 Å². The Balaban J connectivity index is 2.41. The number of ether oxygens (including phenoxy) is 1. The van der Waals surface area contributed by atoms with Crippen molar-refractivity contribution in [3.63, 3.8) is 0 Å². The van der Waals surface area contributed by atoms with Crippen LogP contribution in [0.2, 0.25) is 0 Å². The fourth-order valence-corrected chi connectivity index (χ4v) is 2.47. The normalized spacial score (nSPS) is 11.4. The van der Waals surface area contributed by atoms with Gasteiger partial charge in [0.05, 0.1) is 12.2 Å². The monoisotopic (exact) mass is 392 g/mol. The topological polar surface area (TPSA) is 9.23 Å². The van der Waals surface area contributed by atoms with E-state index in [2.05, 4.69) is 0 Å². The largest absolute Gasteiger partial charge is 0.494 e. The van der Waals surface area contributed by atoms with Crippen LogP contribution in [0.15, 0.2) is 42.5 Å². The average Bonchev–Trinajstić information content (AvgIpc) is 2.39. The third-order valence-electron chi connectivity index (χ3n) is 2.77. The minimum absolute atomic E-state index is 0.556. The lowest BCUT2D eigenvalue weighted by Crippen LogP contribution is -2.05. The van der Waals surface area contributed by atoms with Gasteiger partial charge in [0.1, 0.15) is 5.75 Å². The van der Waals surface area contributed by atoms with E-state index in [1.807, 2.05) is 29.5 Å². The summed E-state index contributed by atoms with van der Waals surface area (Å²) in [6, 6.07) is 10.8. The second-order valence-electron chi connectivity index (χ2n) is 4.15. The average molecular weight is 392 g/mol. The van der Waals surface area contributed by atoms with Gasteiger partial charge in [0, 0.05) is 3.57 Å². The van der Waals surface area contributed by atoms with Gasteiger partial charge in [0.25, 0.3) is 0 Å². The molecule has 0 saturated heterocycles. The summed E-state index contributed by atoms with van der Waals surface area (Å²) >= 11 is 2.04. The van der Waals surface area contributed by atoms with Gasteiger partial charge in [-0.1, -0.05) is 12.1 Å². The standard InChI is InChI=1S/C15H12F3IO/c1-2-20-12-6-3-10(4-7-12)13-9-11(15(16,17)18)5-8-14(13)19/h3-9H,2H2,1H3. The third kappa shape index (κ3) is 3.45. The van der Waals surface area contributed by atoms with Crippen molar-refractivity contribution < 1.29 is 17.9 Å². The minimum atomic E-state index is -4.33. The van der Waals surface area contributed by atoms with E-state index in [-0.39, 0.29) is 0 Å². The van der Waals surface area contributed by atoms with Crippen LogP contribution in [0.25, 0.3) is 11.1 Å². The molecular formula is C15H12F3IO. The highest BCUT2D eigenvalue weighted by molar-refractivity contribution is 14.1. The second kappa shape index (κ2) is 6.03. The molecule has 106 valence electrons. The van der Waals surface area contributed by atoms with Crippen LogP contribution in [0, 0.1) is 3.57 Å². The third-order valence-corrected chi connectivity index (χ3v) is 3.71. The number of hydrogen-bond acceptors (Lipinski definition) is 1. The summed E-state index contributed by atoms with van der Waals surface area (Å²) in [5.41, 5.74) is 0.675. The molecule has 0 bridgehead atoms. The smallest absolute Gasteiger partial charge is 0.416 e. The van der Waals surface area contributed by atoms with E-state index in [4.69, 9.17) is 4.74 Å². The fraction of sp³-hybridized carbons (Fsp3) is 0.200. The van der Waals surface area contributed by atoms with Crippen molar-refractivity contribution in [1.29, 1.82) is 0 Å². The van der Waals surface area contributed by atoms with Crippen LogP contribution in [0.1, 0.15) is 12.5 Å². The zero-order valence-electron chi connectivity index (χ0n) is 10.7. The van der Waals surface area contributed by atoms with Crippen molar-refractivity contribution in [1.82, 2.24) is 0 Å². The summed E-state index contributed by atoms with van der Waals surface area (Å²) in [6.07, 6.45) is -4.33. The molecule has 2 rings (SSSR count). The molecule has 0 spiro atoms. The first kappa shape index (κ1) is 15.2. The predicted molar refractivity (Wildman–Crippen MR) is 80.8 cm³/mol. The van der Waals surface area contributed by atoms with Crippen LogP contribution in [0.4, 0.5) is 13.2 Å². The van der Waals surface area contributed by atoms with Gasteiger partial charge < -0.3 is 4.74 Å². The van der Waals surface area contributed by atoms with E-state index in [9.17, 15) is 13.2 Å². The van der Waals surface area contributed by atoms with Gasteiger partial charge in [-0.15, -0.1) is 0 Å². The second-order valence-corrected chi connectivity index (χ2v) is 5.31. The van der Waals surface area contributed by atoms with Crippen molar-refractivity contribution in [2.75, 3.05) is 6.61 Å². The molecule has 0 amide bonds. The van der Waals surface area contributed by atoms with Crippen molar-refractivity contribution >= 4 is 22.6 Å². The first-order valence-electron chi connectivity index (χ1n) is 6.02. The molecule has 0 aromatic heterocycles. The van der Waals surface area contributed by atoms with Crippen LogP contribution in [-0.4, -0.2) is 6.61 Å². The van der Waals surface area contributed by atoms with Crippen LogP contribution in [-0.2, 0) is 6.18 Å². The number of rotatable bonds is 3. The van der Waals surface area contributed by atoms with Gasteiger partial charge in [-0.25, -0.2) is 0 Å². The van der Waals surface area contributed by atoms with Gasteiger partial charge in [-0.2, -0.15) is 13.2 Å². The highest BCUT2D eigenvalue weighted by atomic mass is 127. The Bertz CT molecular complexity index is 591. The number of alkyl halides is 3. The molecule has 0 heterocycles. The zero-order valence-corrected chi connectivity index (χ0v) is 12.8. The van der Waals surface area contributed by atoms with Crippen LogP contribution >= 0.6 is 22.6 Å². The molecule has 1 nitrogen and oxygen atoms in total.